The highest BCUT2D eigenvalue weighted by Crippen LogP contribution is 2.36. The number of hydrogen-bond donors (Lipinski definition) is 1. The van der Waals surface area contributed by atoms with Crippen molar-refractivity contribution >= 4 is 63.0 Å². The first kappa shape index (κ1) is 106. The van der Waals surface area contributed by atoms with Crippen molar-refractivity contribution in [1.29, 1.82) is 0 Å². The lowest BCUT2D eigenvalue weighted by Gasteiger charge is -2.41. The first-order valence-electron chi connectivity index (χ1n) is 38.4. The van der Waals surface area contributed by atoms with Crippen LogP contribution in [0.1, 0.15) is 222 Å². The van der Waals surface area contributed by atoms with Crippen molar-refractivity contribution in [1.82, 2.24) is 24.8 Å². The van der Waals surface area contributed by atoms with Crippen LogP contribution in [0.2, 0.25) is 0 Å². The number of nitrogens with zero attached hydrogens (tertiary/aromatic N) is 6. The summed E-state index contributed by atoms with van der Waals surface area (Å²) in [5.41, 5.74) is -1.32. The van der Waals surface area contributed by atoms with E-state index in [0.717, 1.165) is 30.6 Å². The predicted molar refractivity (Wildman–Crippen MR) is 442 cm³/mol. The molecule has 28 heteroatoms. The Morgan fingerprint density at radius 1 is 0.535 bits per heavy atom. The number of likely N-dealkylation sites (N-methyl/N-ethyl adjacent to an activating group) is 1. The molecular formula is C86H136F4N6O17S. The third kappa shape index (κ3) is 37.9. The van der Waals surface area contributed by atoms with Gasteiger partial charge < -0.3 is 38.1 Å². The van der Waals surface area contributed by atoms with Crippen LogP contribution in [0.15, 0.2) is 72.8 Å². The molecule has 1 N–H and O–H groups in total. The number of nitro groups is 1. The van der Waals surface area contributed by atoms with Gasteiger partial charge in [-0.1, -0.05) is 97.4 Å². The van der Waals surface area contributed by atoms with E-state index in [2.05, 4.69) is 107 Å². The first-order valence-corrected chi connectivity index (χ1v) is 40.1. The number of imide groups is 1. The number of carbonyl (C=O) groups is 7. The highest BCUT2D eigenvalue weighted by molar-refractivity contribution is 7.96. The summed E-state index contributed by atoms with van der Waals surface area (Å²) in [7, 11) is 2.74. The third-order valence-electron chi connectivity index (χ3n) is 17.6. The van der Waals surface area contributed by atoms with E-state index in [1.165, 1.54) is 91.4 Å². The van der Waals surface area contributed by atoms with Crippen molar-refractivity contribution < 1.29 is 93.4 Å². The Kier molecular flexibility index (Phi) is 42.1. The quantitative estimate of drug-likeness (QED) is 0.0207. The SMILES string of the molecule is C=S(=O)(O)C1CC(=O)N(OC(=O)C(C)(C)C)C1=O.CC.CC(C)(C)C(=O)Oc1ccccc1.CN1CCC(C(C)(C)C)CC1.CN1CCN(C(C)(C)C)CC1.CN1OCCC1C(C)(C)C.Cc1c(F)c(F)c(F)c(OC(=O)C(C)(C)C)c1F.Cc1ccc(OC(=O)C(C)(C)C)c([N+](=O)[O-])c1.Cc1ccc(OC(=O)C(C)(C)C)cc1. The molecule has 114 heavy (non-hydrogen) atoms. The van der Waals surface area contributed by atoms with Gasteiger partial charge in [-0.3, -0.25) is 48.6 Å². The molecule has 23 nitrogen and oxygen atoms in total. The fourth-order valence-corrected chi connectivity index (χ4v) is 10.7. The summed E-state index contributed by atoms with van der Waals surface area (Å²) in [4.78, 5) is 108. The summed E-state index contributed by atoms with van der Waals surface area (Å²) >= 11 is 0. The predicted octanol–water partition coefficient (Wildman–Crippen LogP) is 17.9. The number of esters is 4. The molecule has 0 bridgehead atoms. The van der Waals surface area contributed by atoms with Crippen molar-refractivity contribution in [3.63, 3.8) is 0 Å². The second-order valence-corrected chi connectivity index (χ2v) is 38.6. The molecule has 4 aromatic carbocycles. The largest absolute Gasteiger partial charge is 0.426 e. The van der Waals surface area contributed by atoms with Crippen molar-refractivity contribution in [2.45, 2.75) is 243 Å². The Morgan fingerprint density at radius 2 is 0.947 bits per heavy atom. The monoisotopic (exact) mass is 1630 g/mol. The minimum atomic E-state index is -3.69. The molecule has 4 saturated heterocycles. The average molecular weight is 1630 g/mol. The van der Waals surface area contributed by atoms with Crippen molar-refractivity contribution in [3.8, 4) is 23.0 Å². The van der Waals surface area contributed by atoms with Crippen LogP contribution in [-0.2, 0) is 53.0 Å². The van der Waals surface area contributed by atoms with E-state index < -0.39 is 118 Å². The van der Waals surface area contributed by atoms with Gasteiger partial charge in [0.05, 0.1) is 54.8 Å². The van der Waals surface area contributed by atoms with E-state index in [4.69, 9.17) is 19.0 Å². The zero-order valence-corrected chi connectivity index (χ0v) is 75.0. The fraction of sp³-hybridized carbons (Fsp3) is 0.628. The molecule has 4 aliphatic heterocycles. The maximum Gasteiger partial charge on any atom is 0.338 e. The molecule has 0 radical (unpaired) electrons. The maximum atomic E-state index is 13.5. The Hall–Kier alpha value is -7.73. The Bertz CT molecular complexity index is 3820. The van der Waals surface area contributed by atoms with E-state index in [1.54, 1.807) is 78.8 Å². The maximum absolute atomic E-state index is 13.5. The van der Waals surface area contributed by atoms with E-state index in [0.29, 0.717) is 33.9 Å². The number of carbonyl (C=O) groups excluding carboxylic acids is 7. The lowest BCUT2D eigenvalue weighted by Crippen LogP contribution is -2.52. The number of halogens is 4. The van der Waals surface area contributed by atoms with Gasteiger partial charge in [-0.05, 0) is 250 Å². The number of benzene rings is 4. The van der Waals surface area contributed by atoms with Crippen LogP contribution in [0.25, 0.3) is 0 Å². The minimum Gasteiger partial charge on any atom is -0.426 e. The molecule has 3 atom stereocenters. The van der Waals surface area contributed by atoms with Crippen LogP contribution < -0.4 is 18.9 Å². The number of piperazine rings is 1. The van der Waals surface area contributed by atoms with E-state index in [-0.39, 0.29) is 28.4 Å². The number of ether oxygens (including phenoxy) is 4. The topological polar surface area (TPSA) is 272 Å². The summed E-state index contributed by atoms with van der Waals surface area (Å²) in [6.45, 7) is 62.8. The highest BCUT2D eigenvalue weighted by atomic mass is 32.2. The van der Waals surface area contributed by atoms with Gasteiger partial charge in [0.2, 0.25) is 17.3 Å². The normalized spacial score (nSPS) is 17.1. The molecule has 4 aromatic rings. The molecule has 8 rings (SSSR count). The van der Waals surface area contributed by atoms with Crippen LogP contribution in [0.4, 0.5) is 23.2 Å². The minimum absolute atomic E-state index is 0.0134. The van der Waals surface area contributed by atoms with Crippen LogP contribution in [0, 0.1) is 98.0 Å². The van der Waals surface area contributed by atoms with E-state index >= 15 is 0 Å². The Labute approximate surface area is 678 Å². The standard InChI is InChI=1S/C12H12F4O2.C12H15NO4.C12H16O2.C11H14O2.C10H15NO6S.C10H21N.C9H20N2.C8H17NO.C2H6/c1-5-6(13)8(15)9(16)10(7(5)14)18-11(17)12(2,3)4;1-8-5-6-10(9(7-8)13(15)16)17-11(14)12(2,3)4;1-9-5-7-10(8-6-9)14-11(13)12(2,3)4;1-11(2,3)10(12)13-9-7-5-4-6-8-9;1-10(2,3)9(14)17-11-7(12)5-6(8(11)13)18(4,15)16;1-10(2,3)9-5-7-11(4)8-6-9;1-9(2,3)11-7-5-10(4)6-8-11;1-8(2,3)7-5-6-10-9(7)4;1-2/h1-4H3;5-7H,1-4H3;5-8H,1-4H3;4-8H,1-3H3;6H,4-5H2,1-3H3,(H,15,16);9H,5-8H2,1-4H3;5-8H2,1-4H3;7H,5-6H2,1-4H3;1-2H3. The van der Waals surface area contributed by atoms with Crippen LogP contribution in [0.3, 0.4) is 0 Å². The number of aryl methyl sites for hydroxylation is 2. The number of para-hydroxylation sites is 1. The van der Waals surface area contributed by atoms with Gasteiger partial charge >= 0.3 is 35.5 Å². The summed E-state index contributed by atoms with van der Waals surface area (Å²) in [6.07, 6.45) is 3.45. The second kappa shape index (κ2) is 45.1. The van der Waals surface area contributed by atoms with Crippen LogP contribution in [0.5, 0.6) is 23.0 Å². The summed E-state index contributed by atoms with van der Waals surface area (Å²) in [6, 6.07) is 21.6. The number of piperidine rings is 1. The number of likely N-dealkylation sites (tertiary alicyclic amines) is 1. The molecule has 4 aliphatic rings. The van der Waals surface area contributed by atoms with Gasteiger partial charge in [0.25, 0.3) is 11.8 Å². The number of rotatable bonds is 7. The van der Waals surface area contributed by atoms with Crippen molar-refractivity contribution in [3.05, 3.63) is 123 Å². The summed E-state index contributed by atoms with van der Waals surface area (Å²) in [5, 5.41) is 11.6. The third-order valence-corrected chi connectivity index (χ3v) is 18.9. The van der Waals surface area contributed by atoms with Crippen molar-refractivity contribution in [2.75, 3.05) is 67.0 Å². The fourth-order valence-electron chi connectivity index (χ4n) is 9.88. The molecule has 0 spiro atoms. The van der Waals surface area contributed by atoms with Crippen molar-refractivity contribution in [2.24, 2.45) is 43.8 Å². The average Bonchev–Trinajstić information content (AvgIpc) is 1.68. The van der Waals surface area contributed by atoms with Gasteiger partial charge in [0.15, 0.2) is 17.5 Å². The van der Waals surface area contributed by atoms with E-state index in [9.17, 15) is 70.0 Å². The number of hydrogen-bond acceptors (Lipinski definition) is 20. The van der Waals surface area contributed by atoms with E-state index in [1.807, 2.05) is 105 Å². The molecule has 4 heterocycles. The lowest BCUT2D eigenvalue weighted by molar-refractivity contribution is -0.385. The Morgan fingerprint density at radius 3 is 1.32 bits per heavy atom. The van der Waals surface area contributed by atoms with Crippen LogP contribution in [-0.4, -0.2) is 170 Å². The highest BCUT2D eigenvalue weighted by Gasteiger charge is 2.47. The lowest BCUT2D eigenvalue weighted by atomic mass is 9.75. The molecule has 3 unspecified atom stereocenters. The smallest absolute Gasteiger partial charge is 0.338 e. The summed E-state index contributed by atoms with van der Waals surface area (Å²) in [5.74, 6) is -7.41. The first-order chi connectivity index (χ1) is 51.6. The molecule has 0 saturated carbocycles. The molecule has 0 aromatic heterocycles. The van der Waals surface area contributed by atoms with Gasteiger partial charge in [0, 0.05) is 56.4 Å². The molecule has 2 amide bonds. The zero-order valence-electron chi connectivity index (χ0n) is 74.2. The van der Waals surface area contributed by atoms with Gasteiger partial charge in [0.1, 0.15) is 16.7 Å². The molecular weight excluding hydrogens is 1500 g/mol. The number of nitro benzene ring substituents is 1. The van der Waals surface area contributed by atoms with Gasteiger partial charge in [-0.15, -0.1) is 5.06 Å². The summed E-state index contributed by atoms with van der Waals surface area (Å²) < 4.78 is 93.2. The Balaban J connectivity index is 0.00000129. The van der Waals surface area contributed by atoms with Gasteiger partial charge in [-0.25, -0.2) is 22.2 Å². The van der Waals surface area contributed by atoms with Gasteiger partial charge in [-0.2, -0.15) is 9.45 Å². The zero-order chi connectivity index (χ0) is 89.2. The van der Waals surface area contributed by atoms with Crippen LogP contribution >= 0.6 is 0 Å². The number of hydroxylamine groups is 4. The molecule has 0 aliphatic carbocycles. The second-order valence-electron chi connectivity index (χ2n) is 36.6. The molecule has 4 fully saturated rings. The number of amides is 2. The molecule has 646 valence electrons.